The Balaban J connectivity index is 3.13. The van der Waals surface area contributed by atoms with Crippen LogP contribution >= 0.6 is 15.9 Å². The summed E-state index contributed by atoms with van der Waals surface area (Å²) in [6.07, 6.45) is 1.04. The molecule has 112 valence electrons. The van der Waals surface area contributed by atoms with E-state index in [1.165, 1.54) is 0 Å². The first-order valence-electron chi connectivity index (χ1n) is 6.66. The molecule has 0 heterocycles. The van der Waals surface area contributed by atoms with Gasteiger partial charge in [-0.1, -0.05) is 28.0 Å². The molecule has 0 saturated carbocycles. The van der Waals surface area contributed by atoms with Crippen molar-refractivity contribution in [1.29, 1.82) is 0 Å². The van der Waals surface area contributed by atoms with Gasteiger partial charge in [0.15, 0.2) is 5.84 Å². The van der Waals surface area contributed by atoms with Gasteiger partial charge >= 0.3 is 0 Å². The van der Waals surface area contributed by atoms with Gasteiger partial charge in [0.2, 0.25) is 0 Å². The van der Waals surface area contributed by atoms with E-state index in [0.29, 0.717) is 0 Å². The van der Waals surface area contributed by atoms with Crippen LogP contribution in [0.4, 0.5) is 5.69 Å². The molecule has 0 unspecified atom stereocenters. The molecule has 6 heteroatoms. The van der Waals surface area contributed by atoms with Crippen molar-refractivity contribution in [3.8, 4) is 0 Å². The SMILES string of the molecule is CCCN(CCN(C)C)c1cc(Br)ccc1/C(N)=N/O. The molecule has 1 aromatic carbocycles. The average Bonchev–Trinajstić information content (AvgIpc) is 2.42. The predicted octanol–water partition coefficient (Wildman–Crippen LogP) is 2.32. The Morgan fingerprint density at radius 1 is 1.30 bits per heavy atom. The fraction of sp³-hybridized carbons (Fsp3) is 0.500. The third-order valence-electron chi connectivity index (χ3n) is 2.99. The molecule has 0 aliphatic carbocycles. The van der Waals surface area contributed by atoms with E-state index >= 15 is 0 Å². The number of oxime groups is 1. The predicted molar refractivity (Wildman–Crippen MR) is 87.7 cm³/mol. The highest BCUT2D eigenvalue weighted by atomic mass is 79.9. The highest BCUT2D eigenvalue weighted by Crippen LogP contribution is 2.25. The van der Waals surface area contributed by atoms with Crippen molar-refractivity contribution < 1.29 is 5.21 Å². The first-order chi connectivity index (χ1) is 9.49. The van der Waals surface area contributed by atoms with Crippen molar-refractivity contribution in [2.75, 3.05) is 38.6 Å². The molecular formula is C14H23BrN4O. The van der Waals surface area contributed by atoms with E-state index in [1.807, 2.05) is 18.2 Å². The van der Waals surface area contributed by atoms with Crippen molar-refractivity contribution in [3.63, 3.8) is 0 Å². The Hall–Kier alpha value is -1.27. The van der Waals surface area contributed by atoms with Gasteiger partial charge in [-0.25, -0.2) is 0 Å². The lowest BCUT2D eigenvalue weighted by atomic mass is 10.1. The van der Waals surface area contributed by atoms with E-state index in [1.54, 1.807) is 0 Å². The van der Waals surface area contributed by atoms with Crippen LogP contribution in [0.25, 0.3) is 0 Å². The molecule has 5 nitrogen and oxygen atoms in total. The standard InChI is InChI=1S/C14H23BrN4O/c1-4-7-19(9-8-18(2)3)13-10-11(15)5-6-12(13)14(16)17-20/h5-6,10,20H,4,7-9H2,1-3H3,(H2,16,17). The van der Waals surface area contributed by atoms with Crippen molar-refractivity contribution >= 4 is 27.5 Å². The van der Waals surface area contributed by atoms with Crippen LogP contribution in [0.15, 0.2) is 27.8 Å². The van der Waals surface area contributed by atoms with Crippen LogP contribution in [0.3, 0.4) is 0 Å². The van der Waals surface area contributed by atoms with Crippen molar-refractivity contribution in [2.24, 2.45) is 10.9 Å². The van der Waals surface area contributed by atoms with E-state index in [-0.39, 0.29) is 5.84 Å². The van der Waals surface area contributed by atoms with Gasteiger partial charge in [-0.15, -0.1) is 0 Å². The molecule has 1 aromatic rings. The zero-order valence-electron chi connectivity index (χ0n) is 12.3. The van der Waals surface area contributed by atoms with Crippen molar-refractivity contribution in [1.82, 2.24) is 4.90 Å². The molecule has 0 saturated heterocycles. The number of likely N-dealkylation sites (N-methyl/N-ethyl adjacent to an activating group) is 1. The number of benzene rings is 1. The smallest absolute Gasteiger partial charge is 0.172 e. The van der Waals surface area contributed by atoms with Crippen LogP contribution < -0.4 is 10.6 Å². The second kappa shape index (κ2) is 8.11. The number of anilines is 1. The maximum Gasteiger partial charge on any atom is 0.172 e. The van der Waals surface area contributed by atoms with Gasteiger partial charge < -0.3 is 20.7 Å². The zero-order chi connectivity index (χ0) is 15.1. The summed E-state index contributed by atoms with van der Waals surface area (Å²) in [5.41, 5.74) is 7.52. The van der Waals surface area contributed by atoms with Crippen molar-refractivity contribution in [2.45, 2.75) is 13.3 Å². The van der Waals surface area contributed by atoms with Gasteiger partial charge in [-0.3, -0.25) is 0 Å². The molecule has 0 atom stereocenters. The minimum Gasteiger partial charge on any atom is -0.409 e. The Morgan fingerprint density at radius 3 is 2.55 bits per heavy atom. The molecule has 1 rings (SSSR count). The van der Waals surface area contributed by atoms with Crippen LogP contribution in [0.1, 0.15) is 18.9 Å². The number of halogens is 1. The Labute approximate surface area is 129 Å². The normalized spacial score (nSPS) is 11.9. The lowest BCUT2D eigenvalue weighted by Crippen LogP contribution is -2.34. The topological polar surface area (TPSA) is 65.1 Å². The molecule has 0 radical (unpaired) electrons. The largest absolute Gasteiger partial charge is 0.409 e. The fourth-order valence-electron chi connectivity index (χ4n) is 1.98. The molecule has 0 aliphatic heterocycles. The van der Waals surface area contributed by atoms with E-state index in [0.717, 1.165) is 41.8 Å². The maximum atomic E-state index is 8.94. The lowest BCUT2D eigenvalue weighted by Gasteiger charge is -2.28. The van der Waals surface area contributed by atoms with Crippen molar-refractivity contribution in [3.05, 3.63) is 28.2 Å². The summed E-state index contributed by atoms with van der Waals surface area (Å²) in [4.78, 5) is 4.40. The average molecular weight is 343 g/mol. The summed E-state index contributed by atoms with van der Waals surface area (Å²) in [6.45, 7) is 4.91. The van der Waals surface area contributed by atoms with E-state index < -0.39 is 0 Å². The third-order valence-corrected chi connectivity index (χ3v) is 3.49. The molecule has 0 spiro atoms. The summed E-state index contributed by atoms with van der Waals surface area (Å²) in [6, 6.07) is 5.78. The summed E-state index contributed by atoms with van der Waals surface area (Å²) in [5.74, 6) is 0.137. The quantitative estimate of drug-likeness (QED) is 0.345. The fourth-order valence-corrected chi connectivity index (χ4v) is 2.33. The number of hydrogen-bond donors (Lipinski definition) is 2. The van der Waals surface area contributed by atoms with E-state index in [9.17, 15) is 0 Å². The van der Waals surface area contributed by atoms with Gasteiger partial charge in [0, 0.05) is 35.4 Å². The minimum atomic E-state index is 0.137. The molecule has 0 fully saturated rings. The molecule has 20 heavy (non-hydrogen) atoms. The molecule has 0 bridgehead atoms. The number of amidine groups is 1. The monoisotopic (exact) mass is 342 g/mol. The van der Waals surface area contributed by atoms with Crippen LogP contribution in [0.5, 0.6) is 0 Å². The number of nitrogens with two attached hydrogens (primary N) is 1. The Bertz CT molecular complexity index is 462. The molecular weight excluding hydrogens is 320 g/mol. The highest BCUT2D eigenvalue weighted by Gasteiger charge is 2.14. The second-order valence-electron chi connectivity index (χ2n) is 4.94. The highest BCUT2D eigenvalue weighted by molar-refractivity contribution is 9.10. The number of hydrogen-bond acceptors (Lipinski definition) is 4. The minimum absolute atomic E-state index is 0.137. The van der Waals surface area contributed by atoms with Gasteiger partial charge in [0.25, 0.3) is 0 Å². The number of nitrogens with zero attached hydrogens (tertiary/aromatic N) is 3. The third kappa shape index (κ3) is 4.68. The van der Waals surface area contributed by atoms with Gasteiger partial charge in [0.05, 0.1) is 0 Å². The second-order valence-corrected chi connectivity index (χ2v) is 5.85. The Morgan fingerprint density at radius 2 is 2.00 bits per heavy atom. The maximum absolute atomic E-state index is 8.94. The first kappa shape index (κ1) is 16.8. The number of rotatable bonds is 7. The summed E-state index contributed by atoms with van der Waals surface area (Å²) < 4.78 is 0.980. The van der Waals surface area contributed by atoms with Gasteiger partial charge in [-0.2, -0.15) is 0 Å². The van der Waals surface area contributed by atoms with E-state index in [4.69, 9.17) is 10.9 Å². The Kier molecular flexibility index (Phi) is 6.81. The van der Waals surface area contributed by atoms with Crippen LogP contribution in [-0.4, -0.2) is 49.7 Å². The van der Waals surface area contributed by atoms with Crippen LogP contribution in [-0.2, 0) is 0 Å². The van der Waals surface area contributed by atoms with E-state index in [2.05, 4.69) is 51.9 Å². The molecule has 0 amide bonds. The van der Waals surface area contributed by atoms with Crippen LogP contribution in [0, 0.1) is 0 Å². The summed E-state index contributed by atoms with van der Waals surface area (Å²) >= 11 is 3.49. The molecule has 0 aromatic heterocycles. The molecule has 0 aliphatic rings. The summed E-state index contributed by atoms with van der Waals surface area (Å²) in [5, 5.41) is 12.1. The van der Waals surface area contributed by atoms with Crippen LogP contribution in [0.2, 0.25) is 0 Å². The van der Waals surface area contributed by atoms with Gasteiger partial charge in [0.1, 0.15) is 0 Å². The zero-order valence-corrected chi connectivity index (χ0v) is 13.9. The van der Waals surface area contributed by atoms with Gasteiger partial charge in [-0.05, 0) is 38.7 Å². The first-order valence-corrected chi connectivity index (χ1v) is 7.46. The lowest BCUT2D eigenvalue weighted by molar-refractivity contribution is 0.318. The summed E-state index contributed by atoms with van der Waals surface area (Å²) in [7, 11) is 4.10. The molecule has 3 N–H and O–H groups in total.